The molecule has 2 aromatic rings. The van der Waals surface area contributed by atoms with Crippen LogP contribution in [0.15, 0.2) is 35.9 Å². The van der Waals surface area contributed by atoms with Gasteiger partial charge in [0.1, 0.15) is 5.75 Å². The Kier molecular flexibility index (Phi) is 4.65. The van der Waals surface area contributed by atoms with E-state index in [1.807, 2.05) is 18.2 Å². The lowest BCUT2D eigenvalue weighted by molar-refractivity contribution is 0.102. The Morgan fingerprint density at radius 3 is 2.24 bits per heavy atom. The molecule has 0 amide bonds. The number of fused-ring (bicyclic) bond motifs is 1. The highest BCUT2D eigenvalue weighted by Gasteiger charge is 2.22. The molecule has 0 aliphatic heterocycles. The molecular formula is C20H20O5. The van der Waals surface area contributed by atoms with E-state index in [0.29, 0.717) is 41.2 Å². The summed E-state index contributed by atoms with van der Waals surface area (Å²) in [6, 6.07) is 8.50. The molecule has 0 bridgehead atoms. The largest absolute Gasteiger partial charge is 0.508 e. The Morgan fingerprint density at radius 2 is 1.64 bits per heavy atom. The van der Waals surface area contributed by atoms with Crippen molar-refractivity contribution in [3.8, 4) is 23.0 Å². The maximum Gasteiger partial charge on any atom is 0.203 e. The summed E-state index contributed by atoms with van der Waals surface area (Å²) in [6.45, 7) is 0. The summed E-state index contributed by atoms with van der Waals surface area (Å²) >= 11 is 0. The first-order valence-electron chi connectivity index (χ1n) is 7.94. The van der Waals surface area contributed by atoms with Crippen molar-refractivity contribution in [1.82, 2.24) is 0 Å². The molecule has 0 heterocycles. The van der Waals surface area contributed by atoms with Crippen LogP contribution in [0.3, 0.4) is 0 Å². The predicted octanol–water partition coefficient (Wildman–Crippen LogP) is 3.63. The van der Waals surface area contributed by atoms with Crippen molar-refractivity contribution in [1.29, 1.82) is 0 Å². The third-order valence-electron chi connectivity index (χ3n) is 4.32. The molecule has 25 heavy (non-hydrogen) atoms. The topological polar surface area (TPSA) is 65.0 Å². The van der Waals surface area contributed by atoms with Gasteiger partial charge in [0, 0.05) is 11.1 Å². The Labute approximate surface area is 146 Å². The van der Waals surface area contributed by atoms with E-state index in [1.165, 1.54) is 0 Å². The van der Waals surface area contributed by atoms with Gasteiger partial charge >= 0.3 is 0 Å². The van der Waals surface area contributed by atoms with Gasteiger partial charge in [0.15, 0.2) is 17.3 Å². The van der Waals surface area contributed by atoms with E-state index in [1.54, 1.807) is 39.5 Å². The molecule has 0 saturated heterocycles. The van der Waals surface area contributed by atoms with Crippen LogP contribution in [0.5, 0.6) is 23.0 Å². The van der Waals surface area contributed by atoms with Gasteiger partial charge in [0.05, 0.1) is 21.3 Å². The van der Waals surface area contributed by atoms with E-state index in [-0.39, 0.29) is 11.5 Å². The van der Waals surface area contributed by atoms with Gasteiger partial charge in [0.25, 0.3) is 0 Å². The predicted molar refractivity (Wildman–Crippen MR) is 94.8 cm³/mol. The number of Topliss-reactive ketones (excluding diaryl/α,β-unsaturated/α-hetero) is 1. The summed E-state index contributed by atoms with van der Waals surface area (Å²) in [5, 5.41) is 9.57. The molecule has 2 aromatic carbocycles. The second kappa shape index (κ2) is 6.89. The zero-order valence-electron chi connectivity index (χ0n) is 14.5. The summed E-state index contributed by atoms with van der Waals surface area (Å²) in [4.78, 5) is 12.7. The van der Waals surface area contributed by atoms with Gasteiger partial charge in [-0.2, -0.15) is 0 Å². The molecule has 130 valence electrons. The summed E-state index contributed by atoms with van der Waals surface area (Å²) in [7, 11) is 4.67. The van der Waals surface area contributed by atoms with Crippen molar-refractivity contribution in [2.24, 2.45) is 0 Å². The molecule has 0 fully saturated rings. The molecule has 1 aliphatic rings. The number of hydrogen-bond donors (Lipinski definition) is 1. The Balaban J connectivity index is 2.01. The standard InChI is InChI=1S/C20H20O5/c1-23-17-9-12(10-18(24-2)20(17)25-3)8-14-5-4-13-11-15(21)6-7-16(13)19(14)22/h6-11,21H,4-5H2,1-3H3/b14-8+. The molecule has 0 saturated carbocycles. The highest BCUT2D eigenvalue weighted by molar-refractivity contribution is 6.13. The monoisotopic (exact) mass is 340 g/mol. The van der Waals surface area contributed by atoms with Crippen molar-refractivity contribution in [2.75, 3.05) is 21.3 Å². The number of carbonyl (C=O) groups is 1. The van der Waals surface area contributed by atoms with Crippen LogP contribution in [0.1, 0.15) is 27.9 Å². The summed E-state index contributed by atoms with van der Waals surface area (Å²) < 4.78 is 16.0. The number of rotatable bonds is 4. The number of phenolic OH excluding ortho intramolecular Hbond substituents is 1. The first-order valence-corrected chi connectivity index (χ1v) is 7.94. The van der Waals surface area contributed by atoms with Gasteiger partial charge < -0.3 is 19.3 Å². The first kappa shape index (κ1) is 16.9. The number of carbonyl (C=O) groups excluding carboxylic acids is 1. The lowest BCUT2D eigenvalue weighted by Gasteiger charge is -2.18. The zero-order chi connectivity index (χ0) is 18.0. The molecule has 0 spiro atoms. The molecule has 1 N–H and O–H groups in total. The van der Waals surface area contributed by atoms with E-state index in [4.69, 9.17) is 14.2 Å². The van der Waals surface area contributed by atoms with Crippen LogP contribution in [0, 0.1) is 0 Å². The highest BCUT2D eigenvalue weighted by atomic mass is 16.5. The minimum atomic E-state index is -0.0185. The number of ketones is 1. The van der Waals surface area contributed by atoms with Crippen LogP contribution < -0.4 is 14.2 Å². The van der Waals surface area contributed by atoms with Gasteiger partial charge in [-0.3, -0.25) is 4.79 Å². The second-order valence-electron chi connectivity index (χ2n) is 5.80. The van der Waals surface area contributed by atoms with Crippen LogP contribution in [0.2, 0.25) is 0 Å². The maximum atomic E-state index is 12.7. The molecule has 5 nitrogen and oxygen atoms in total. The Bertz CT molecular complexity index is 826. The van der Waals surface area contributed by atoms with Gasteiger partial charge in [-0.1, -0.05) is 0 Å². The molecule has 0 unspecified atom stereocenters. The van der Waals surface area contributed by atoms with Crippen molar-refractivity contribution < 1.29 is 24.1 Å². The van der Waals surface area contributed by atoms with Crippen molar-refractivity contribution >= 4 is 11.9 Å². The van der Waals surface area contributed by atoms with Crippen LogP contribution in [-0.2, 0) is 6.42 Å². The summed E-state index contributed by atoms with van der Waals surface area (Å²) in [5.74, 6) is 1.77. The number of benzene rings is 2. The number of ether oxygens (including phenoxy) is 3. The lowest BCUT2D eigenvalue weighted by atomic mass is 9.86. The van der Waals surface area contributed by atoms with Crippen LogP contribution in [0.4, 0.5) is 0 Å². The Morgan fingerprint density at radius 1 is 0.960 bits per heavy atom. The van der Waals surface area contributed by atoms with Crippen molar-refractivity contribution in [2.45, 2.75) is 12.8 Å². The van der Waals surface area contributed by atoms with Gasteiger partial charge in [-0.25, -0.2) is 0 Å². The Hall–Kier alpha value is -2.95. The normalized spacial score (nSPS) is 15.0. The van der Waals surface area contributed by atoms with Crippen LogP contribution >= 0.6 is 0 Å². The third-order valence-corrected chi connectivity index (χ3v) is 4.32. The molecule has 0 radical (unpaired) electrons. The second-order valence-corrected chi connectivity index (χ2v) is 5.80. The average molecular weight is 340 g/mol. The number of hydrogen-bond acceptors (Lipinski definition) is 5. The minimum Gasteiger partial charge on any atom is -0.508 e. The highest BCUT2D eigenvalue weighted by Crippen LogP contribution is 2.39. The fourth-order valence-electron chi connectivity index (χ4n) is 3.09. The molecule has 0 aromatic heterocycles. The third kappa shape index (κ3) is 3.18. The quantitative estimate of drug-likeness (QED) is 0.861. The number of aromatic hydroxyl groups is 1. The average Bonchev–Trinajstić information content (AvgIpc) is 2.63. The van der Waals surface area contributed by atoms with Crippen molar-refractivity contribution in [3.63, 3.8) is 0 Å². The van der Waals surface area contributed by atoms with E-state index in [2.05, 4.69) is 0 Å². The minimum absolute atomic E-state index is 0.0185. The fourth-order valence-corrected chi connectivity index (χ4v) is 3.09. The summed E-state index contributed by atoms with van der Waals surface area (Å²) in [6.07, 6.45) is 3.18. The first-order chi connectivity index (χ1) is 12.1. The number of aryl methyl sites for hydroxylation is 1. The van der Waals surface area contributed by atoms with Gasteiger partial charge in [0.2, 0.25) is 5.75 Å². The lowest BCUT2D eigenvalue weighted by Crippen LogP contribution is -2.13. The number of methoxy groups -OCH3 is 3. The molecule has 1 aliphatic carbocycles. The summed E-state index contributed by atoms with van der Waals surface area (Å²) in [5.41, 5.74) is 3.04. The van der Waals surface area contributed by atoms with E-state index < -0.39 is 0 Å². The number of allylic oxidation sites excluding steroid dienone is 1. The van der Waals surface area contributed by atoms with E-state index in [0.717, 1.165) is 11.1 Å². The van der Waals surface area contributed by atoms with Gasteiger partial charge in [-0.15, -0.1) is 0 Å². The maximum absolute atomic E-state index is 12.7. The van der Waals surface area contributed by atoms with E-state index >= 15 is 0 Å². The van der Waals surface area contributed by atoms with Crippen molar-refractivity contribution in [3.05, 3.63) is 52.6 Å². The smallest absolute Gasteiger partial charge is 0.203 e. The SMILES string of the molecule is COc1cc(/C=C2\CCc3cc(O)ccc3C2=O)cc(OC)c1OC. The zero-order valence-corrected chi connectivity index (χ0v) is 14.5. The van der Waals surface area contributed by atoms with Crippen LogP contribution in [-0.4, -0.2) is 32.2 Å². The van der Waals surface area contributed by atoms with E-state index in [9.17, 15) is 9.90 Å². The number of phenols is 1. The molecule has 5 heteroatoms. The van der Waals surface area contributed by atoms with Crippen LogP contribution in [0.25, 0.3) is 6.08 Å². The molecular weight excluding hydrogens is 320 g/mol. The molecule has 0 atom stereocenters. The molecule has 3 rings (SSSR count). The van der Waals surface area contributed by atoms with Gasteiger partial charge in [-0.05, 0) is 60.4 Å². The fraction of sp³-hybridized carbons (Fsp3) is 0.250.